The van der Waals surface area contributed by atoms with Crippen molar-refractivity contribution < 1.29 is 23.5 Å². The highest BCUT2D eigenvalue weighted by Gasteiger charge is 2.56. The molecule has 0 saturated carbocycles. The number of imide groups is 1. The van der Waals surface area contributed by atoms with E-state index in [0.29, 0.717) is 27.0 Å². The third-order valence-corrected chi connectivity index (χ3v) is 8.98. The van der Waals surface area contributed by atoms with Crippen molar-refractivity contribution in [2.45, 2.75) is 16.2 Å². The Morgan fingerprint density at radius 3 is 2.38 bits per heavy atom. The van der Waals surface area contributed by atoms with Crippen LogP contribution in [0.5, 0.6) is 5.75 Å². The molecule has 1 saturated heterocycles. The molecule has 6 rings (SSSR count). The Labute approximate surface area is 229 Å². The average Bonchev–Trinajstić information content (AvgIpc) is 3.43. The first-order chi connectivity index (χ1) is 18.9. The second kappa shape index (κ2) is 10.2. The normalized spacial score (nSPS) is 19.9. The molecule has 11 heteroatoms. The van der Waals surface area contributed by atoms with Crippen molar-refractivity contribution in [1.82, 2.24) is 4.98 Å². The van der Waals surface area contributed by atoms with E-state index < -0.39 is 34.7 Å². The van der Waals surface area contributed by atoms with Crippen LogP contribution in [0.2, 0.25) is 0 Å². The highest BCUT2D eigenvalue weighted by Crippen LogP contribution is 2.53. The molecule has 1 aromatic heterocycles. The molecule has 3 amide bonds. The maximum atomic E-state index is 13.7. The van der Waals surface area contributed by atoms with Crippen molar-refractivity contribution in [2.75, 3.05) is 16.8 Å². The Bertz CT molecular complexity index is 1620. The third kappa shape index (κ3) is 4.75. The van der Waals surface area contributed by atoms with Crippen molar-refractivity contribution in [3.63, 3.8) is 0 Å². The quantitative estimate of drug-likeness (QED) is 0.338. The summed E-state index contributed by atoms with van der Waals surface area (Å²) in [7, 11) is 0. The molecule has 1 fully saturated rings. The topological polar surface area (TPSA) is 109 Å². The number of para-hydroxylation sites is 1. The van der Waals surface area contributed by atoms with Gasteiger partial charge < -0.3 is 15.0 Å². The molecule has 196 valence electrons. The number of thiazole rings is 1. The fraction of sp³-hybridized carbons (Fsp3) is 0.143. The molecule has 0 aliphatic carbocycles. The zero-order chi connectivity index (χ0) is 27.1. The van der Waals surface area contributed by atoms with Gasteiger partial charge in [-0.3, -0.25) is 19.2 Å². The molecule has 0 bridgehead atoms. The van der Waals surface area contributed by atoms with Gasteiger partial charge in [0.1, 0.15) is 16.8 Å². The summed E-state index contributed by atoms with van der Waals surface area (Å²) in [6, 6.07) is 21.2. The van der Waals surface area contributed by atoms with Crippen LogP contribution in [0.4, 0.5) is 15.8 Å². The van der Waals surface area contributed by atoms with Gasteiger partial charge in [0.2, 0.25) is 11.8 Å². The lowest BCUT2D eigenvalue weighted by Crippen LogP contribution is -2.32. The monoisotopic (exact) mass is 561 g/mol. The zero-order valence-corrected chi connectivity index (χ0v) is 21.8. The Hall–Kier alpha value is -4.22. The molecule has 2 aliphatic rings. The summed E-state index contributed by atoms with van der Waals surface area (Å²) < 4.78 is 19.1. The molecule has 3 aromatic carbocycles. The van der Waals surface area contributed by atoms with Crippen LogP contribution < -0.4 is 19.8 Å². The number of fused-ring (bicyclic) bond motifs is 2. The van der Waals surface area contributed by atoms with E-state index in [0.717, 1.165) is 21.8 Å². The first-order valence-corrected chi connectivity index (χ1v) is 13.7. The number of carbonyl (C=O) groups is 3. The standard InChI is InChI=1S/C28H20FN3O5S2/c29-16-8-10-18(11-9-16)32-26(34)22-21(23-25(31-28(36)39-23)38-24(22)27(32)35)15-6-12-19(13-7-15)37-14-20(33)30-17-4-2-1-3-5-17/h1-13,21-22,24H,14H2,(H,30,33)(H,31,36)/t21-,22?,24?/m1/s1. The molecule has 3 atom stereocenters. The van der Waals surface area contributed by atoms with Crippen LogP contribution in [0.25, 0.3) is 0 Å². The molecule has 2 N–H and O–H groups in total. The van der Waals surface area contributed by atoms with Gasteiger partial charge in [-0.05, 0) is 54.1 Å². The van der Waals surface area contributed by atoms with E-state index in [1.54, 1.807) is 36.4 Å². The van der Waals surface area contributed by atoms with E-state index in [1.165, 1.54) is 36.0 Å². The van der Waals surface area contributed by atoms with Crippen molar-refractivity contribution in [2.24, 2.45) is 5.92 Å². The number of hydrogen-bond donors (Lipinski definition) is 2. The zero-order valence-electron chi connectivity index (χ0n) is 20.1. The van der Waals surface area contributed by atoms with Crippen molar-refractivity contribution >= 4 is 52.2 Å². The van der Waals surface area contributed by atoms with Gasteiger partial charge in [0.05, 0.1) is 16.6 Å². The average molecular weight is 562 g/mol. The SMILES string of the molecule is O=C(COc1ccc([C@H]2c3sc(=O)[nH]c3SC3C(=O)N(c4ccc(F)cc4)C(=O)C32)cc1)Nc1ccccc1. The van der Waals surface area contributed by atoms with E-state index in [1.807, 2.05) is 18.2 Å². The molecule has 2 aliphatic heterocycles. The lowest BCUT2D eigenvalue weighted by atomic mass is 9.83. The summed E-state index contributed by atoms with van der Waals surface area (Å²) in [6.07, 6.45) is 0. The number of aromatic amines is 1. The van der Waals surface area contributed by atoms with Crippen LogP contribution in [-0.4, -0.2) is 34.6 Å². The fourth-order valence-electron chi connectivity index (χ4n) is 4.86. The van der Waals surface area contributed by atoms with Gasteiger partial charge in [0.25, 0.3) is 5.91 Å². The number of amides is 3. The summed E-state index contributed by atoms with van der Waals surface area (Å²) in [5, 5.41) is 2.57. The number of H-pyrrole nitrogens is 1. The van der Waals surface area contributed by atoms with Crippen molar-refractivity contribution in [3.05, 3.63) is 105 Å². The minimum Gasteiger partial charge on any atom is -0.484 e. The minimum atomic E-state index is -0.755. The molecule has 8 nitrogen and oxygen atoms in total. The maximum absolute atomic E-state index is 13.7. The largest absolute Gasteiger partial charge is 0.484 e. The fourth-order valence-corrected chi connectivity index (χ4v) is 7.37. The molecule has 0 spiro atoms. The van der Waals surface area contributed by atoms with E-state index in [4.69, 9.17) is 4.74 Å². The van der Waals surface area contributed by atoms with Gasteiger partial charge in [-0.15, -0.1) is 0 Å². The summed E-state index contributed by atoms with van der Waals surface area (Å²) in [6.45, 7) is -0.192. The van der Waals surface area contributed by atoms with Crippen LogP contribution in [0.1, 0.15) is 16.4 Å². The summed E-state index contributed by atoms with van der Waals surface area (Å²) in [5.74, 6) is -2.44. The number of thioether (sulfide) groups is 1. The lowest BCUT2D eigenvalue weighted by Gasteiger charge is -2.29. The molecule has 2 unspecified atom stereocenters. The van der Waals surface area contributed by atoms with E-state index in [9.17, 15) is 23.6 Å². The first-order valence-electron chi connectivity index (χ1n) is 12.0. The van der Waals surface area contributed by atoms with Crippen LogP contribution in [-0.2, 0) is 14.4 Å². The maximum Gasteiger partial charge on any atom is 0.305 e. The smallest absolute Gasteiger partial charge is 0.305 e. The number of anilines is 2. The number of nitrogens with zero attached hydrogens (tertiary/aromatic N) is 1. The molecular formula is C28H20FN3O5S2. The van der Waals surface area contributed by atoms with Gasteiger partial charge in [-0.1, -0.05) is 53.4 Å². The number of carbonyl (C=O) groups excluding carboxylic acids is 3. The van der Waals surface area contributed by atoms with Crippen molar-refractivity contribution in [1.29, 1.82) is 0 Å². The summed E-state index contributed by atoms with van der Waals surface area (Å²) in [4.78, 5) is 55.9. The van der Waals surface area contributed by atoms with Gasteiger partial charge >= 0.3 is 4.87 Å². The Morgan fingerprint density at radius 2 is 1.67 bits per heavy atom. The van der Waals surface area contributed by atoms with Crippen molar-refractivity contribution in [3.8, 4) is 5.75 Å². The second-order valence-corrected chi connectivity index (χ2v) is 11.2. The molecule has 39 heavy (non-hydrogen) atoms. The summed E-state index contributed by atoms with van der Waals surface area (Å²) in [5.41, 5.74) is 1.69. The lowest BCUT2D eigenvalue weighted by molar-refractivity contribution is -0.122. The second-order valence-electron chi connectivity index (χ2n) is 9.01. The molecular weight excluding hydrogens is 541 g/mol. The van der Waals surface area contributed by atoms with Crippen LogP contribution >= 0.6 is 23.1 Å². The van der Waals surface area contributed by atoms with E-state index in [2.05, 4.69) is 10.3 Å². The highest BCUT2D eigenvalue weighted by molar-refractivity contribution is 8.00. The Balaban J connectivity index is 1.25. The van der Waals surface area contributed by atoms with Crippen LogP contribution in [0, 0.1) is 11.7 Å². The number of hydrogen-bond acceptors (Lipinski definition) is 7. The predicted molar refractivity (Wildman–Crippen MR) is 146 cm³/mol. The molecule has 0 radical (unpaired) electrons. The first kappa shape index (κ1) is 25.1. The Morgan fingerprint density at radius 1 is 0.949 bits per heavy atom. The van der Waals surface area contributed by atoms with Crippen LogP contribution in [0.3, 0.4) is 0 Å². The highest BCUT2D eigenvalue weighted by atomic mass is 32.2. The van der Waals surface area contributed by atoms with Gasteiger partial charge in [0, 0.05) is 16.5 Å². The molecule has 4 aromatic rings. The number of aromatic nitrogens is 1. The van der Waals surface area contributed by atoms with Crippen LogP contribution in [0.15, 0.2) is 88.7 Å². The third-order valence-electron chi connectivity index (χ3n) is 6.58. The van der Waals surface area contributed by atoms with Gasteiger partial charge in [-0.25, -0.2) is 9.29 Å². The molecule has 3 heterocycles. The number of ether oxygens (including phenoxy) is 1. The number of halogens is 1. The van der Waals surface area contributed by atoms with E-state index >= 15 is 0 Å². The van der Waals surface area contributed by atoms with Gasteiger partial charge in [-0.2, -0.15) is 0 Å². The van der Waals surface area contributed by atoms with Gasteiger partial charge in [0.15, 0.2) is 6.61 Å². The predicted octanol–water partition coefficient (Wildman–Crippen LogP) is 4.39. The number of rotatable bonds is 6. The number of benzene rings is 3. The van der Waals surface area contributed by atoms with E-state index in [-0.39, 0.29) is 17.4 Å². The number of nitrogens with one attached hydrogen (secondary N) is 2. The summed E-state index contributed by atoms with van der Waals surface area (Å²) >= 11 is 2.19. The Kier molecular flexibility index (Phi) is 6.53. The minimum absolute atomic E-state index is 0.192.